The molecule has 1 atom stereocenters. The molecular weight excluding hydrogens is 351 g/mol. The maximum Gasteiger partial charge on any atom is 0.287 e. The molecule has 7 heteroatoms. The van der Waals surface area contributed by atoms with Crippen LogP contribution in [0, 0.1) is 15.9 Å². The highest BCUT2D eigenvalue weighted by molar-refractivity contribution is 5.43. The summed E-state index contributed by atoms with van der Waals surface area (Å²) < 4.78 is 25.1. The van der Waals surface area contributed by atoms with E-state index in [4.69, 9.17) is 9.47 Å². The minimum atomic E-state index is -0.512. The summed E-state index contributed by atoms with van der Waals surface area (Å²) in [6.45, 7) is 0. The molecule has 4 rings (SSSR count). The molecule has 0 amide bonds. The topological polar surface area (TPSA) is 74.5 Å². The number of aryl methyl sites for hydroxylation is 1. The Balaban J connectivity index is 1.49. The predicted molar refractivity (Wildman–Crippen MR) is 95.5 cm³/mol. The lowest BCUT2D eigenvalue weighted by molar-refractivity contribution is -0.385. The maximum absolute atomic E-state index is 13.4. The molecule has 0 saturated carbocycles. The van der Waals surface area contributed by atoms with Gasteiger partial charge in [-0.2, -0.15) is 0 Å². The number of hydrogen-bond acceptors (Lipinski definition) is 5. The van der Waals surface area contributed by atoms with Crippen LogP contribution < -0.4 is 9.47 Å². The van der Waals surface area contributed by atoms with Crippen LogP contribution in [-0.2, 0) is 6.42 Å². The van der Waals surface area contributed by atoms with Crippen molar-refractivity contribution in [1.82, 2.24) is 4.98 Å². The van der Waals surface area contributed by atoms with Gasteiger partial charge in [-0.3, -0.25) is 10.1 Å². The lowest BCUT2D eigenvalue weighted by atomic mass is 9.97. The average Bonchev–Trinajstić information content (AvgIpc) is 2.68. The van der Waals surface area contributed by atoms with Crippen LogP contribution in [0.15, 0.2) is 60.8 Å². The van der Waals surface area contributed by atoms with Gasteiger partial charge in [-0.05, 0) is 54.3 Å². The van der Waals surface area contributed by atoms with Crippen LogP contribution in [0.3, 0.4) is 0 Å². The second kappa shape index (κ2) is 7.03. The highest BCUT2D eigenvalue weighted by Crippen LogP contribution is 2.37. The van der Waals surface area contributed by atoms with Gasteiger partial charge in [0.05, 0.1) is 4.92 Å². The fourth-order valence-corrected chi connectivity index (χ4v) is 3.03. The van der Waals surface area contributed by atoms with Crippen LogP contribution in [0.2, 0.25) is 0 Å². The zero-order valence-electron chi connectivity index (χ0n) is 14.2. The largest absolute Gasteiger partial charge is 0.485 e. The highest BCUT2D eigenvalue weighted by atomic mass is 19.1. The molecule has 0 N–H and O–H groups in total. The molecule has 0 fully saturated rings. The molecule has 136 valence electrons. The zero-order valence-corrected chi connectivity index (χ0v) is 14.2. The van der Waals surface area contributed by atoms with Crippen molar-refractivity contribution in [2.24, 2.45) is 0 Å². The lowest BCUT2D eigenvalue weighted by Crippen LogP contribution is -2.15. The van der Waals surface area contributed by atoms with Gasteiger partial charge in [-0.25, -0.2) is 9.37 Å². The Bertz CT molecular complexity index is 992. The molecule has 6 nitrogen and oxygen atoms in total. The van der Waals surface area contributed by atoms with E-state index in [1.165, 1.54) is 24.3 Å². The monoisotopic (exact) mass is 366 g/mol. The fraction of sp³-hybridized carbons (Fsp3) is 0.150. The number of aromatic nitrogens is 1. The molecule has 0 saturated heterocycles. The molecule has 2 heterocycles. The third-order valence-electron chi connectivity index (χ3n) is 4.35. The number of ether oxygens (including phenoxy) is 2. The number of pyridine rings is 1. The number of fused-ring (bicyclic) bond motifs is 1. The van der Waals surface area contributed by atoms with E-state index in [9.17, 15) is 14.5 Å². The first-order valence-electron chi connectivity index (χ1n) is 8.42. The van der Waals surface area contributed by atoms with Gasteiger partial charge in [0.25, 0.3) is 5.69 Å². The van der Waals surface area contributed by atoms with E-state index in [0.29, 0.717) is 5.75 Å². The second-order valence-corrected chi connectivity index (χ2v) is 6.18. The normalized spacial score (nSPS) is 15.5. The van der Waals surface area contributed by atoms with Crippen LogP contribution in [-0.4, -0.2) is 9.91 Å². The van der Waals surface area contributed by atoms with Crippen molar-refractivity contribution in [2.45, 2.75) is 18.9 Å². The highest BCUT2D eigenvalue weighted by Gasteiger charge is 2.22. The van der Waals surface area contributed by atoms with Gasteiger partial charge < -0.3 is 9.47 Å². The molecule has 1 unspecified atom stereocenters. The van der Waals surface area contributed by atoms with E-state index in [-0.39, 0.29) is 23.5 Å². The summed E-state index contributed by atoms with van der Waals surface area (Å²) >= 11 is 0. The molecule has 27 heavy (non-hydrogen) atoms. The zero-order chi connectivity index (χ0) is 18.8. The molecule has 1 aliphatic heterocycles. The van der Waals surface area contributed by atoms with Gasteiger partial charge in [0.15, 0.2) is 0 Å². The predicted octanol–water partition coefficient (Wildman–Crippen LogP) is 4.99. The molecule has 2 aromatic carbocycles. The first kappa shape index (κ1) is 17.0. The van der Waals surface area contributed by atoms with Crippen molar-refractivity contribution < 1.29 is 18.8 Å². The molecule has 1 aromatic heterocycles. The summed E-state index contributed by atoms with van der Waals surface area (Å²) in [6, 6.07) is 14.6. The fourth-order valence-electron chi connectivity index (χ4n) is 3.03. The Morgan fingerprint density at radius 2 is 2.07 bits per heavy atom. The SMILES string of the molecule is O=[N+]([O-])c1ccc(Oc2ccc3c(c2)CCC(c2cccc(F)c2)O3)nc1. The first-order chi connectivity index (χ1) is 13.1. The quantitative estimate of drug-likeness (QED) is 0.480. The lowest BCUT2D eigenvalue weighted by Gasteiger charge is -2.26. The summed E-state index contributed by atoms with van der Waals surface area (Å²) in [4.78, 5) is 14.1. The van der Waals surface area contributed by atoms with Gasteiger partial charge >= 0.3 is 0 Å². The van der Waals surface area contributed by atoms with Crippen molar-refractivity contribution >= 4 is 5.69 Å². The summed E-state index contributed by atoms with van der Waals surface area (Å²) in [5.74, 6) is 1.30. The van der Waals surface area contributed by atoms with E-state index in [1.54, 1.807) is 12.1 Å². The van der Waals surface area contributed by atoms with Crippen LogP contribution in [0.4, 0.5) is 10.1 Å². The second-order valence-electron chi connectivity index (χ2n) is 6.18. The van der Waals surface area contributed by atoms with E-state index >= 15 is 0 Å². The number of nitrogens with zero attached hydrogens (tertiary/aromatic N) is 2. The van der Waals surface area contributed by atoms with Crippen LogP contribution in [0.5, 0.6) is 17.4 Å². The summed E-state index contributed by atoms with van der Waals surface area (Å²) in [7, 11) is 0. The van der Waals surface area contributed by atoms with E-state index < -0.39 is 4.92 Å². The minimum Gasteiger partial charge on any atom is -0.485 e. The van der Waals surface area contributed by atoms with E-state index in [1.807, 2.05) is 18.2 Å². The van der Waals surface area contributed by atoms with Crippen molar-refractivity contribution in [2.75, 3.05) is 0 Å². The Hall–Kier alpha value is -3.48. The first-order valence-corrected chi connectivity index (χ1v) is 8.42. The van der Waals surface area contributed by atoms with Crippen LogP contribution >= 0.6 is 0 Å². The Morgan fingerprint density at radius 3 is 2.81 bits per heavy atom. The summed E-state index contributed by atoms with van der Waals surface area (Å²) in [5, 5.41) is 10.7. The van der Waals surface area contributed by atoms with E-state index in [2.05, 4.69) is 4.98 Å². The third-order valence-corrected chi connectivity index (χ3v) is 4.35. The Labute approximate surface area is 154 Å². The number of rotatable bonds is 4. The number of halogens is 1. The smallest absolute Gasteiger partial charge is 0.287 e. The van der Waals surface area contributed by atoms with Crippen molar-refractivity contribution in [3.63, 3.8) is 0 Å². The molecule has 0 aliphatic carbocycles. The van der Waals surface area contributed by atoms with Gasteiger partial charge in [-0.1, -0.05) is 12.1 Å². The molecule has 0 spiro atoms. The molecule has 0 radical (unpaired) electrons. The molecule has 1 aliphatic rings. The van der Waals surface area contributed by atoms with Gasteiger partial charge in [0, 0.05) is 12.1 Å². The minimum absolute atomic E-state index is 0.0930. The van der Waals surface area contributed by atoms with Crippen LogP contribution in [0.25, 0.3) is 0 Å². The maximum atomic E-state index is 13.4. The number of hydrogen-bond donors (Lipinski definition) is 0. The Morgan fingerprint density at radius 1 is 1.19 bits per heavy atom. The van der Waals surface area contributed by atoms with Gasteiger partial charge in [0.1, 0.15) is 29.6 Å². The molecule has 3 aromatic rings. The van der Waals surface area contributed by atoms with Crippen molar-refractivity contribution in [1.29, 1.82) is 0 Å². The molecule has 0 bridgehead atoms. The number of benzene rings is 2. The molecular formula is C20H15FN2O4. The Kier molecular flexibility index (Phi) is 4.42. The average molecular weight is 366 g/mol. The van der Waals surface area contributed by atoms with E-state index in [0.717, 1.165) is 35.9 Å². The van der Waals surface area contributed by atoms with Gasteiger partial charge in [-0.15, -0.1) is 0 Å². The van der Waals surface area contributed by atoms with Crippen molar-refractivity contribution in [3.8, 4) is 17.4 Å². The summed E-state index contributed by atoms with van der Waals surface area (Å²) in [6.07, 6.45) is 2.47. The van der Waals surface area contributed by atoms with Crippen molar-refractivity contribution in [3.05, 3.63) is 87.9 Å². The van der Waals surface area contributed by atoms with Crippen LogP contribution in [0.1, 0.15) is 23.7 Å². The van der Waals surface area contributed by atoms with Gasteiger partial charge in [0.2, 0.25) is 5.88 Å². The summed E-state index contributed by atoms with van der Waals surface area (Å²) in [5.41, 5.74) is 1.71. The standard InChI is InChI=1S/C20H15FN2O4/c21-15-3-1-2-13(10-15)18-7-4-14-11-17(6-8-19(14)27-18)26-20-9-5-16(12-22-20)23(24)25/h1-3,5-6,8-12,18H,4,7H2. The third kappa shape index (κ3) is 3.72. The number of nitro groups is 1.